The molecule has 0 unspecified atom stereocenters. The number of aromatic amines is 1. The number of rotatable bonds is 4. The molecule has 0 bridgehead atoms. The summed E-state index contributed by atoms with van der Waals surface area (Å²) >= 11 is 5.81. The van der Waals surface area contributed by atoms with E-state index in [9.17, 15) is 10.1 Å². The molecule has 1 heterocycles. The molecule has 0 aliphatic rings. The topological polar surface area (TPSA) is 71.0 Å². The highest BCUT2D eigenvalue weighted by molar-refractivity contribution is 6.31. The molecule has 0 saturated carbocycles. The van der Waals surface area contributed by atoms with Crippen LogP contribution < -0.4 is 5.32 Å². The largest absolute Gasteiger partial charge is 0.374 e. The molecule has 0 radical (unpaired) electrons. The third-order valence-electron chi connectivity index (χ3n) is 2.29. The second kappa shape index (κ2) is 4.88. The van der Waals surface area contributed by atoms with Crippen LogP contribution in [0.4, 0.5) is 11.4 Å². The molecule has 0 saturated heterocycles. The number of hydrogen-bond acceptors (Lipinski definition) is 3. The second-order valence-electron chi connectivity index (χ2n) is 3.47. The molecule has 0 fully saturated rings. The highest BCUT2D eigenvalue weighted by Crippen LogP contribution is 2.27. The van der Waals surface area contributed by atoms with Gasteiger partial charge in [0.1, 0.15) is 5.69 Å². The lowest BCUT2D eigenvalue weighted by molar-refractivity contribution is -0.384. The first kappa shape index (κ1) is 11.5. The minimum atomic E-state index is -0.437. The number of benzene rings is 1. The van der Waals surface area contributed by atoms with Crippen molar-refractivity contribution in [3.05, 3.63) is 57.4 Å². The fraction of sp³-hybridized carbons (Fsp3) is 0.0909. The number of nitrogens with one attached hydrogen (secondary N) is 2. The van der Waals surface area contributed by atoms with Crippen molar-refractivity contribution in [3.63, 3.8) is 0 Å². The Morgan fingerprint density at radius 3 is 2.88 bits per heavy atom. The first-order valence-corrected chi connectivity index (χ1v) is 5.34. The molecular formula is C11H10ClN3O2. The molecule has 1 aromatic heterocycles. The number of nitro benzene ring substituents is 1. The average Bonchev–Trinajstić information content (AvgIpc) is 2.78. The van der Waals surface area contributed by atoms with E-state index in [2.05, 4.69) is 10.3 Å². The second-order valence-corrected chi connectivity index (χ2v) is 3.90. The molecule has 5 nitrogen and oxygen atoms in total. The maximum Gasteiger partial charge on any atom is 0.292 e. The summed E-state index contributed by atoms with van der Waals surface area (Å²) in [6.45, 7) is 0.480. The standard InChI is InChI=1S/C11H10ClN3O2/c12-8-3-4-11(15(16)17)10(6-8)14-7-9-2-1-5-13-9/h1-6,13-14H,7H2. The molecule has 0 atom stereocenters. The van der Waals surface area contributed by atoms with Gasteiger partial charge in [-0.1, -0.05) is 11.6 Å². The molecule has 88 valence electrons. The van der Waals surface area contributed by atoms with Crippen molar-refractivity contribution in [2.45, 2.75) is 6.54 Å². The Morgan fingerprint density at radius 1 is 1.41 bits per heavy atom. The maximum absolute atomic E-state index is 10.8. The summed E-state index contributed by atoms with van der Waals surface area (Å²) in [6, 6.07) is 8.19. The van der Waals surface area contributed by atoms with Gasteiger partial charge in [-0.25, -0.2) is 0 Å². The predicted octanol–water partition coefficient (Wildman–Crippen LogP) is 3.19. The molecule has 2 rings (SSSR count). The Bertz CT molecular complexity index is 526. The summed E-state index contributed by atoms with van der Waals surface area (Å²) in [4.78, 5) is 13.4. The Kier molecular flexibility index (Phi) is 3.30. The lowest BCUT2D eigenvalue weighted by Gasteiger charge is -2.06. The van der Waals surface area contributed by atoms with Gasteiger partial charge in [0, 0.05) is 23.0 Å². The Morgan fingerprint density at radius 2 is 2.24 bits per heavy atom. The SMILES string of the molecule is O=[N+]([O-])c1ccc(Cl)cc1NCc1ccc[nH]1. The highest BCUT2D eigenvalue weighted by atomic mass is 35.5. The van der Waals surface area contributed by atoms with Crippen LogP contribution in [0.25, 0.3) is 0 Å². The molecular weight excluding hydrogens is 242 g/mol. The van der Waals surface area contributed by atoms with Crippen molar-refractivity contribution >= 4 is 23.0 Å². The van der Waals surface area contributed by atoms with Gasteiger partial charge in [0.15, 0.2) is 0 Å². The van der Waals surface area contributed by atoms with Gasteiger partial charge in [0.05, 0.1) is 11.5 Å². The van der Waals surface area contributed by atoms with E-state index < -0.39 is 4.92 Å². The van der Waals surface area contributed by atoms with E-state index in [0.717, 1.165) is 5.69 Å². The van der Waals surface area contributed by atoms with Crippen LogP contribution in [0.3, 0.4) is 0 Å². The molecule has 0 amide bonds. The molecule has 0 spiro atoms. The Balaban J connectivity index is 2.19. The summed E-state index contributed by atoms with van der Waals surface area (Å²) < 4.78 is 0. The number of H-pyrrole nitrogens is 1. The monoisotopic (exact) mass is 251 g/mol. The number of anilines is 1. The normalized spacial score (nSPS) is 10.2. The van der Waals surface area contributed by atoms with Crippen molar-refractivity contribution in [1.82, 2.24) is 4.98 Å². The minimum Gasteiger partial charge on any atom is -0.374 e. The molecule has 2 aromatic rings. The van der Waals surface area contributed by atoms with Gasteiger partial charge in [-0.3, -0.25) is 10.1 Å². The molecule has 0 aliphatic carbocycles. The quantitative estimate of drug-likeness (QED) is 0.648. The summed E-state index contributed by atoms with van der Waals surface area (Å²) in [7, 11) is 0. The van der Waals surface area contributed by atoms with E-state index >= 15 is 0 Å². The van der Waals surface area contributed by atoms with Crippen molar-refractivity contribution in [3.8, 4) is 0 Å². The number of hydrogen-bond donors (Lipinski definition) is 2. The lowest BCUT2D eigenvalue weighted by atomic mass is 10.2. The van der Waals surface area contributed by atoms with Gasteiger partial charge >= 0.3 is 0 Å². The van der Waals surface area contributed by atoms with Gasteiger partial charge < -0.3 is 10.3 Å². The van der Waals surface area contributed by atoms with Gasteiger partial charge in [-0.2, -0.15) is 0 Å². The first-order chi connectivity index (χ1) is 8.16. The van der Waals surface area contributed by atoms with Crippen LogP contribution in [0.2, 0.25) is 5.02 Å². The van der Waals surface area contributed by atoms with E-state index in [-0.39, 0.29) is 5.69 Å². The summed E-state index contributed by atoms with van der Waals surface area (Å²) in [6.07, 6.45) is 1.80. The maximum atomic E-state index is 10.8. The zero-order valence-corrected chi connectivity index (χ0v) is 9.57. The third kappa shape index (κ3) is 2.76. The summed E-state index contributed by atoms with van der Waals surface area (Å²) in [5.41, 5.74) is 1.37. The average molecular weight is 252 g/mol. The molecule has 0 aliphatic heterocycles. The lowest BCUT2D eigenvalue weighted by Crippen LogP contribution is -2.02. The van der Waals surface area contributed by atoms with Gasteiger partial charge in [-0.15, -0.1) is 0 Å². The fourth-order valence-corrected chi connectivity index (χ4v) is 1.65. The number of aromatic nitrogens is 1. The Labute approximate surface area is 103 Å². The zero-order valence-electron chi connectivity index (χ0n) is 8.81. The first-order valence-electron chi connectivity index (χ1n) is 4.97. The minimum absolute atomic E-state index is 0.0148. The van der Waals surface area contributed by atoms with Crippen molar-refractivity contribution in [1.29, 1.82) is 0 Å². The van der Waals surface area contributed by atoms with E-state index in [4.69, 9.17) is 11.6 Å². The van der Waals surface area contributed by atoms with Crippen LogP contribution in [0, 0.1) is 10.1 Å². The molecule has 17 heavy (non-hydrogen) atoms. The van der Waals surface area contributed by atoms with Crippen LogP contribution in [0.5, 0.6) is 0 Å². The predicted molar refractivity (Wildman–Crippen MR) is 66.2 cm³/mol. The number of nitro groups is 1. The third-order valence-corrected chi connectivity index (χ3v) is 2.52. The highest BCUT2D eigenvalue weighted by Gasteiger charge is 2.13. The number of nitrogens with zero attached hydrogens (tertiary/aromatic N) is 1. The van der Waals surface area contributed by atoms with Crippen LogP contribution in [0.15, 0.2) is 36.5 Å². The van der Waals surface area contributed by atoms with Gasteiger partial charge in [-0.05, 0) is 24.3 Å². The van der Waals surface area contributed by atoms with Crippen LogP contribution in [-0.4, -0.2) is 9.91 Å². The Hall–Kier alpha value is -2.01. The van der Waals surface area contributed by atoms with Crippen LogP contribution in [0.1, 0.15) is 5.69 Å². The van der Waals surface area contributed by atoms with Crippen LogP contribution >= 0.6 is 11.6 Å². The van der Waals surface area contributed by atoms with E-state index in [1.54, 1.807) is 12.3 Å². The van der Waals surface area contributed by atoms with Gasteiger partial charge in [0.2, 0.25) is 0 Å². The molecule has 2 N–H and O–H groups in total. The van der Waals surface area contributed by atoms with E-state index in [1.807, 2.05) is 12.1 Å². The van der Waals surface area contributed by atoms with E-state index in [1.165, 1.54) is 12.1 Å². The molecule has 6 heteroatoms. The summed E-state index contributed by atoms with van der Waals surface area (Å²) in [5, 5.41) is 14.3. The van der Waals surface area contributed by atoms with Crippen molar-refractivity contribution in [2.24, 2.45) is 0 Å². The fourth-order valence-electron chi connectivity index (χ4n) is 1.48. The van der Waals surface area contributed by atoms with Crippen molar-refractivity contribution in [2.75, 3.05) is 5.32 Å². The summed E-state index contributed by atoms with van der Waals surface area (Å²) in [5.74, 6) is 0. The van der Waals surface area contributed by atoms with Gasteiger partial charge in [0.25, 0.3) is 5.69 Å². The van der Waals surface area contributed by atoms with Crippen molar-refractivity contribution < 1.29 is 4.92 Å². The zero-order chi connectivity index (χ0) is 12.3. The van der Waals surface area contributed by atoms with E-state index in [0.29, 0.717) is 17.3 Å². The van der Waals surface area contributed by atoms with Crippen LogP contribution in [-0.2, 0) is 6.54 Å². The smallest absolute Gasteiger partial charge is 0.292 e. The number of halogens is 1. The molecule has 1 aromatic carbocycles.